The van der Waals surface area contributed by atoms with Crippen LogP contribution in [0.1, 0.15) is 48.9 Å². The molecular weight excluding hydrogens is 367 g/mol. The number of nitrogens with two attached hydrogens (primary N) is 1. The lowest BCUT2D eigenvalue weighted by molar-refractivity contribution is -0.144. The van der Waals surface area contributed by atoms with E-state index in [2.05, 4.69) is 0 Å². The van der Waals surface area contributed by atoms with Gasteiger partial charge in [-0.05, 0) is 18.6 Å². The number of alkyl halides is 6. The first-order valence-electron chi connectivity index (χ1n) is 6.81. The van der Waals surface area contributed by atoms with E-state index in [0.717, 1.165) is 0 Å². The zero-order valence-corrected chi connectivity index (χ0v) is 13.3. The topological polar surface area (TPSA) is 46.2 Å². The van der Waals surface area contributed by atoms with E-state index in [1.54, 1.807) is 6.92 Å². The Morgan fingerprint density at radius 1 is 1.08 bits per heavy atom. The minimum Gasteiger partial charge on any atom is -0.391 e. The van der Waals surface area contributed by atoms with Crippen molar-refractivity contribution < 1.29 is 35.8 Å². The van der Waals surface area contributed by atoms with E-state index in [4.69, 9.17) is 5.73 Å². The molecule has 1 rings (SSSR count). The largest absolute Gasteiger partial charge is 0.416 e. The highest BCUT2D eigenvalue weighted by molar-refractivity contribution is 5.85. The lowest BCUT2D eigenvalue weighted by Gasteiger charge is -2.24. The highest BCUT2D eigenvalue weighted by Crippen LogP contribution is 2.40. The van der Waals surface area contributed by atoms with E-state index in [1.165, 1.54) is 0 Å². The second-order valence-electron chi connectivity index (χ2n) is 5.15. The normalized spacial score (nSPS) is 14.9. The molecule has 0 aliphatic heterocycles. The molecule has 2 atom stereocenters. The van der Waals surface area contributed by atoms with Crippen LogP contribution >= 0.6 is 12.4 Å². The van der Waals surface area contributed by atoms with Crippen molar-refractivity contribution >= 4 is 12.4 Å². The Morgan fingerprint density at radius 2 is 1.62 bits per heavy atom. The molecule has 0 aliphatic rings. The van der Waals surface area contributed by atoms with Crippen LogP contribution in [0.4, 0.5) is 30.7 Å². The summed E-state index contributed by atoms with van der Waals surface area (Å²) in [4.78, 5) is 0. The molecule has 0 radical (unpaired) electrons. The molecule has 0 saturated carbocycles. The highest BCUT2D eigenvalue weighted by atomic mass is 35.5. The molecule has 0 aromatic heterocycles. The third-order valence-corrected chi connectivity index (χ3v) is 3.36. The number of halogens is 8. The Hall–Kier alpha value is -1.06. The number of rotatable bonds is 5. The van der Waals surface area contributed by atoms with Gasteiger partial charge >= 0.3 is 12.4 Å². The van der Waals surface area contributed by atoms with Gasteiger partial charge in [0.1, 0.15) is 5.82 Å². The molecule has 2 nitrogen and oxygen atoms in total. The van der Waals surface area contributed by atoms with E-state index in [1.807, 2.05) is 0 Å². The van der Waals surface area contributed by atoms with Gasteiger partial charge in [-0.2, -0.15) is 26.3 Å². The minimum atomic E-state index is -5.24. The van der Waals surface area contributed by atoms with Gasteiger partial charge in [-0.15, -0.1) is 12.4 Å². The van der Waals surface area contributed by atoms with Crippen LogP contribution in [0, 0.1) is 5.82 Å². The highest BCUT2D eigenvalue weighted by Gasteiger charge is 2.41. The van der Waals surface area contributed by atoms with Crippen LogP contribution < -0.4 is 5.73 Å². The van der Waals surface area contributed by atoms with Crippen molar-refractivity contribution in [3.8, 4) is 0 Å². The van der Waals surface area contributed by atoms with Crippen LogP contribution in [0.2, 0.25) is 0 Å². The Kier molecular flexibility index (Phi) is 7.98. The molecule has 1 aromatic carbocycles. The minimum absolute atomic E-state index is 0. The Balaban J connectivity index is 0.00000529. The summed E-state index contributed by atoms with van der Waals surface area (Å²) in [5.41, 5.74) is 0.719. The Labute approximate surface area is 140 Å². The van der Waals surface area contributed by atoms with Gasteiger partial charge in [0.25, 0.3) is 0 Å². The quantitative estimate of drug-likeness (QED) is 0.715. The molecule has 0 heterocycles. The van der Waals surface area contributed by atoms with Crippen molar-refractivity contribution in [3.05, 3.63) is 34.6 Å². The van der Waals surface area contributed by atoms with Crippen LogP contribution in [-0.4, -0.2) is 11.2 Å². The zero-order valence-electron chi connectivity index (χ0n) is 12.5. The predicted octanol–water partition coefficient (Wildman–Crippen LogP) is 4.84. The lowest BCUT2D eigenvalue weighted by atomic mass is 9.92. The predicted molar refractivity (Wildman–Crippen MR) is 76.1 cm³/mol. The van der Waals surface area contributed by atoms with Gasteiger partial charge in [-0.25, -0.2) is 4.39 Å². The molecule has 1 aromatic rings. The van der Waals surface area contributed by atoms with Gasteiger partial charge < -0.3 is 10.8 Å². The summed E-state index contributed by atoms with van der Waals surface area (Å²) in [6, 6.07) is -2.01. The molecule has 0 amide bonds. The number of unbranched alkanes of at least 4 members (excludes halogenated alkanes) is 1. The van der Waals surface area contributed by atoms with Crippen LogP contribution in [0.5, 0.6) is 0 Å². The van der Waals surface area contributed by atoms with Crippen molar-refractivity contribution in [2.75, 3.05) is 0 Å². The molecule has 0 saturated heterocycles. The van der Waals surface area contributed by atoms with Gasteiger partial charge in [-0.1, -0.05) is 19.8 Å². The summed E-state index contributed by atoms with van der Waals surface area (Å²) in [7, 11) is 0. The molecule has 0 fully saturated rings. The number of benzene rings is 1. The molecular formula is C14H17ClF7NO. The van der Waals surface area contributed by atoms with Crippen LogP contribution in [0.25, 0.3) is 0 Å². The van der Waals surface area contributed by atoms with Crippen molar-refractivity contribution in [2.24, 2.45) is 5.73 Å². The second kappa shape index (κ2) is 8.35. The first kappa shape index (κ1) is 22.9. The molecule has 3 N–H and O–H groups in total. The maximum Gasteiger partial charge on any atom is 0.416 e. The molecule has 0 bridgehead atoms. The molecule has 0 spiro atoms. The smallest absolute Gasteiger partial charge is 0.391 e. The second-order valence-corrected chi connectivity index (χ2v) is 5.15. The summed E-state index contributed by atoms with van der Waals surface area (Å²) in [6.45, 7) is 1.76. The molecule has 140 valence electrons. The van der Waals surface area contributed by atoms with Gasteiger partial charge in [0.2, 0.25) is 0 Å². The fraction of sp³-hybridized carbons (Fsp3) is 0.571. The first-order chi connectivity index (χ1) is 10.4. The van der Waals surface area contributed by atoms with Crippen molar-refractivity contribution in [2.45, 2.75) is 50.7 Å². The third-order valence-electron chi connectivity index (χ3n) is 3.36. The number of hydrogen-bond acceptors (Lipinski definition) is 2. The third kappa shape index (κ3) is 5.49. The van der Waals surface area contributed by atoms with Crippen molar-refractivity contribution in [1.29, 1.82) is 0 Å². The summed E-state index contributed by atoms with van der Waals surface area (Å²) in [5, 5.41) is 9.76. The van der Waals surface area contributed by atoms with E-state index >= 15 is 0 Å². The zero-order chi connectivity index (χ0) is 18.0. The summed E-state index contributed by atoms with van der Waals surface area (Å²) in [5.74, 6) is -1.74. The van der Waals surface area contributed by atoms with Crippen molar-refractivity contribution in [1.82, 2.24) is 0 Å². The lowest BCUT2D eigenvalue weighted by Crippen LogP contribution is -2.30. The maximum atomic E-state index is 13.9. The SMILES string of the molecule is CCCC[C@H](O)[C@H](N)c1c(F)cc(C(F)(F)F)cc1C(F)(F)F.Cl. The Morgan fingerprint density at radius 3 is 2.04 bits per heavy atom. The summed E-state index contributed by atoms with van der Waals surface area (Å²) < 4.78 is 90.7. The number of hydrogen-bond donors (Lipinski definition) is 2. The average molecular weight is 384 g/mol. The van der Waals surface area contributed by atoms with Gasteiger partial charge in [0.15, 0.2) is 0 Å². The molecule has 10 heteroatoms. The Bertz CT molecular complexity index is 545. The van der Waals surface area contributed by atoms with E-state index in [9.17, 15) is 35.8 Å². The van der Waals surface area contributed by atoms with Crippen molar-refractivity contribution in [3.63, 3.8) is 0 Å². The summed E-state index contributed by atoms with van der Waals surface area (Å²) in [6.07, 6.45) is -10.8. The average Bonchev–Trinajstić information content (AvgIpc) is 2.41. The van der Waals surface area contributed by atoms with Gasteiger partial charge in [-0.3, -0.25) is 0 Å². The molecule has 0 unspecified atom stereocenters. The number of aliphatic hydroxyl groups is 1. The van der Waals surface area contributed by atoms with E-state index in [-0.39, 0.29) is 31.0 Å². The fourth-order valence-electron chi connectivity index (χ4n) is 2.14. The van der Waals surface area contributed by atoms with Gasteiger partial charge in [0.05, 0.1) is 23.3 Å². The van der Waals surface area contributed by atoms with E-state index < -0.39 is 47.0 Å². The standard InChI is InChI=1S/C14H16F7NO.ClH/c1-2-3-4-10(23)12(22)11-8(14(19,20)21)5-7(6-9(11)15)13(16,17)18;/h5-6,10,12,23H,2-4,22H2,1H3;1H/t10-,12-;/m0./s1. The number of aliphatic hydroxyl groups excluding tert-OH is 1. The van der Waals surface area contributed by atoms with E-state index in [0.29, 0.717) is 12.8 Å². The van der Waals surface area contributed by atoms with Crippen LogP contribution in [0.15, 0.2) is 12.1 Å². The first-order valence-corrected chi connectivity index (χ1v) is 6.81. The maximum absolute atomic E-state index is 13.9. The monoisotopic (exact) mass is 383 g/mol. The van der Waals surface area contributed by atoms with Gasteiger partial charge in [0, 0.05) is 5.56 Å². The molecule has 0 aliphatic carbocycles. The van der Waals surface area contributed by atoms with Crippen LogP contribution in [-0.2, 0) is 12.4 Å². The molecule has 24 heavy (non-hydrogen) atoms. The summed E-state index contributed by atoms with van der Waals surface area (Å²) >= 11 is 0. The fourth-order valence-corrected chi connectivity index (χ4v) is 2.14. The van der Waals surface area contributed by atoms with Crippen LogP contribution in [0.3, 0.4) is 0 Å².